The zero-order valence-electron chi connectivity index (χ0n) is 12.8. The molecule has 0 aromatic rings. The third-order valence-electron chi connectivity index (χ3n) is 3.56. The van der Waals surface area contributed by atoms with E-state index in [0.29, 0.717) is 0 Å². The van der Waals surface area contributed by atoms with Gasteiger partial charge in [0.05, 0.1) is 0 Å². The molecule has 0 fully saturated rings. The molecule has 2 rings (SSSR count). The van der Waals surface area contributed by atoms with E-state index < -0.39 is 0 Å². The first kappa shape index (κ1) is 15.1. The lowest BCUT2D eigenvalue weighted by Crippen LogP contribution is -2.20. The average molecular weight is 247 g/mol. The van der Waals surface area contributed by atoms with Crippen LogP contribution >= 0.6 is 0 Å². The molecular formula is C17H29N. The standard InChI is InChI=1S/C15H23N.C2H6/c1-15(2)10-8-13-7-5-4-6-12-16(3)14(13)9-11-15;1-2/h8-11H,4-7,12H2,1-3H3;1-2H3. The van der Waals surface area contributed by atoms with Gasteiger partial charge in [-0.1, -0.05) is 52.3 Å². The molecule has 1 heteroatoms. The minimum Gasteiger partial charge on any atom is -0.374 e. The molecule has 0 unspecified atom stereocenters. The number of nitrogens with zero attached hydrogens (tertiary/aromatic N) is 1. The summed E-state index contributed by atoms with van der Waals surface area (Å²) >= 11 is 0. The van der Waals surface area contributed by atoms with Crippen molar-refractivity contribution in [2.24, 2.45) is 5.41 Å². The Bertz CT molecular complexity index is 345. The van der Waals surface area contributed by atoms with Gasteiger partial charge in [0.15, 0.2) is 0 Å². The van der Waals surface area contributed by atoms with E-state index in [1.54, 1.807) is 0 Å². The molecule has 0 spiro atoms. The molecule has 18 heavy (non-hydrogen) atoms. The van der Waals surface area contributed by atoms with Crippen molar-refractivity contribution in [2.75, 3.05) is 13.6 Å². The average Bonchev–Trinajstić information content (AvgIpc) is 2.48. The molecule has 0 amide bonds. The lowest BCUT2D eigenvalue weighted by atomic mass is 9.93. The van der Waals surface area contributed by atoms with Crippen molar-refractivity contribution in [3.63, 3.8) is 0 Å². The van der Waals surface area contributed by atoms with Crippen LogP contribution in [-0.4, -0.2) is 18.5 Å². The van der Waals surface area contributed by atoms with Crippen molar-refractivity contribution in [3.8, 4) is 0 Å². The summed E-state index contributed by atoms with van der Waals surface area (Å²) in [6.07, 6.45) is 14.6. The third kappa shape index (κ3) is 4.04. The summed E-state index contributed by atoms with van der Waals surface area (Å²) in [5, 5.41) is 0. The van der Waals surface area contributed by atoms with E-state index >= 15 is 0 Å². The summed E-state index contributed by atoms with van der Waals surface area (Å²) in [5.74, 6) is 0. The van der Waals surface area contributed by atoms with Crippen molar-refractivity contribution in [1.82, 2.24) is 4.90 Å². The molecule has 0 N–H and O–H groups in total. The quantitative estimate of drug-likeness (QED) is 0.587. The molecule has 102 valence electrons. The normalized spacial score (nSPS) is 22.4. The van der Waals surface area contributed by atoms with Crippen LogP contribution in [0.3, 0.4) is 0 Å². The summed E-state index contributed by atoms with van der Waals surface area (Å²) in [6.45, 7) is 9.72. The van der Waals surface area contributed by atoms with Crippen LogP contribution in [0, 0.1) is 5.41 Å². The molecule has 1 nitrogen and oxygen atoms in total. The highest BCUT2D eigenvalue weighted by Gasteiger charge is 2.17. The van der Waals surface area contributed by atoms with E-state index in [0.717, 1.165) is 0 Å². The predicted molar refractivity (Wildman–Crippen MR) is 81.5 cm³/mol. The van der Waals surface area contributed by atoms with Gasteiger partial charge in [0, 0.05) is 24.7 Å². The van der Waals surface area contributed by atoms with Gasteiger partial charge in [-0.2, -0.15) is 0 Å². The van der Waals surface area contributed by atoms with Crippen molar-refractivity contribution in [2.45, 2.75) is 53.4 Å². The van der Waals surface area contributed by atoms with Gasteiger partial charge in [-0.15, -0.1) is 0 Å². The molecule has 2 aliphatic rings. The topological polar surface area (TPSA) is 3.24 Å². The van der Waals surface area contributed by atoms with E-state index in [9.17, 15) is 0 Å². The largest absolute Gasteiger partial charge is 0.374 e. The summed E-state index contributed by atoms with van der Waals surface area (Å²) < 4.78 is 0. The summed E-state index contributed by atoms with van der Waals surface area (Å²) in [5.41, 5.74) is 3.15. The van der Waals surface area contributed by atoms with E-state index in [2.05, 4.69) is 50.1 Å². The highest BCUT2D eigenvalue weighted by atomic mass is 15.1. The van der Waals surface area contributed by atoms with Gasteiger partial charge in [-0.3, -0.25) is 0 Å². The predicted octanol–water partition coefficient (Wildman–Crippen LogP) is 4.92. The first-order chi connectivity index (χ1) is 8.58. The monoisotopic (exact) mass is 247 g/mol. The van der Waals surface area contributed by atoms with E-state index in [1.165, 1.54) is 43.5 Å². The maximum absolute atomic E-state index is 2.41. The number of likely N-dealkylation sites (N-methyl/N-ethyl adjacent to an activating group) is 1. The third-order valence-corrected chi connectivity index (χ3v) is 3.56. The summed E-state index contributed by atoms with van der Waals surface area (Å²) in [6, 6.07) is 0. The Morgan fingerprint density at radius 3 is 2.39 bits per heavy atom. The van der Waals surface area contributed by atoms with Gasteiger partial charge in [0.1, 0.15) is 0 Å². The molecule has 0 saturated carbocycles. The SMILES string of the molecule is CC.CN1CCCCCC2=C1C=CC(C)(C)C=C2. The fourth-order valence-corrected chi connectivity index (χ4v) is 2.40. The van der Waals surface area contributed by atoms with Gasteiger partial charge in [-0.25, -0.2) is 0 Å². The highest BCUT2D eigenvalue weighted by Crippen LogP contribution is 2.30. The van der Waals surface area contributed by atoms with Crippen LogP contribution < -0.4 is 0 Å². The minimum absolute atomic E-state index is 0.196. The molecule has 0 aromatic heterocycles. The van der Waals surface area contributed by atoms with Crippen LogP contribution in [0.25, 0.3) is 0 Å². The first-order valence-electron chi connectivity index (χ1n) is 7.41. The molecule has 0 radical (unpaired) electrons. The van der Waals surface area contributed by atoms with Crippen molar-refractivity contribution >= 4 is 0 Å². The maximum Gasteiger partial charge on any atom is 0.0393 e. The number of rotatable bonds is 0. The van der Waals surface area contributed by atoms with E-state index in [-0.39, 0.29) is 5.41 Å². The van der Waals surface area contributed by atoms with Gasteiger partial charge in [-0.05, 0) is 30.9 Å². The smallest absolute Gasteiger partial charge is 0.0393 e. The Morgan fingerprint density at radius 2 is 1.67 bits per heavy atom. The molecule has 0 atom stereocenters. The van der Waals surface area contributed by atoms with Crippen LogP contribution in [0.4, 0.5) is 0 Å². The number of hydrogen-bond acceptors (Lipinski definition) is 1. The van der Waals surface area contributed by atoms with Gasteiger partial charge < -0.3 is 4.90 Å². The lowest BCUT2D eigenvalue weighted by Gasteiger charge is -2.25. The fourth-order valence-electron chi connectivity index (χ4n) is 2.40. The highest BCUT2D eigenvalue weighted by molar-refractivity contribution is 5.37. The molecule has 0 bridgehead atoms. The van der Waals surface area contributed by atoms with E-state index in [1.807, 2.05) is 13.8 Å². The second-order valence-electron chi connectivity index (χ2n) is 5.63. The van der Waals surface area contributed by atoms with Gasteiger partial charge >= 0.3 is 0 Å². The Kier molecular flexibility index (Phi) is 5.71. The first-order valence-corrected chi connectivity index (χ1v) is 7.41. The fraction of sp³-hybridized carbons (Fsp3) is 0.647. The Hall–Kier alpha value is -0.980. The van der Waals surface area contributed by atoms with Crippen LogP contribution in [-0.2, 0) is 0 Å². The van der Waals surface area contributed by atoms with Crippen molar-refractivity contribution in [3.05, 3.63) is 35.6 Å². The number of hydrogen-bond donors (Lipinski definition) is 0. The van der Waals surface area contributed by atoms with Crippen LogP contribution in [0.2, 0.25) is 0 Å². The Labute approximate surface area is 113 Å². The lowest BCUT2D eigenvalue weighted by molar-refractivity contribution is 0.395. The maximum atomic E-state index is 2.41. The molecular weight excluding hydrogens is 218 g/mol. The second-order valence-corrected chi connectivity index (χ2v) is 5.63. The Balaban J connectivity index is 0.000000771. The van der Waals surface area contributed by atoms with E-state index in [4.69, 9.17) is 0 Å². The van der Waals surface area contributed by atoms with Crippen LogP contribution in [0.15, 0.2) is 35.6 Å². The van der Waals surface area contributed by atoms with Gasteiger partial charge in [0.25, 0.3) is 0 Å². The van der Waals surface area contributed by atoms with Crippen LogP contribution in [0.5, 0.6) is 0 Å². The molecule has 1 aliphatic carbocycles. The zero-order chi connectivity index (χ0) is 13.6. The molecule has 1 heterocycles. The van der Waals surface area contributed by atoms with Crippen molar-refractivity contribution in [1.29, 1.82) is 0 Å². The molecule has 0 saturated heterocycles. The Morgan fingerprint density at radius 1 is 1.00 bits per heavy atom. The summed E-state index contributed by atoms with van der Waals surface area (Å²) in [7, 11) is 2.22. The minimum atomic E-state index is 0.196. The number of allylic oxidation sites excluding steroid dienone is 5. The second kappa shape index (κ2) is 6.82. The molecule has 0 aromatic carbocycles. The van der Waals surface area contributed by atoms with Gasteiger partial charge in [0.2, 0.25) is 0 Å². The van der Waals surface area contributed by atoms with Crippen LogP contribution in [0.1, 0.15) is 53.4 Å². The van der Waals surface area contributed by atoms with Crippen molar-refractivity contribution < 1.29 is 0 Å². The summed E-state index contributed by atoms with van der Waals surface area (Å²) in [4.78, 5) is 2.41. The zero-order valence-corrected chi connectivity index (χ0v) is 12.8. The molecule has 1 aliphatic heterocycles.